The number of allylic oxidation sites excluding steroid dienone is 1. The van der Waals surface area contributed by atoms with E-state index >= 15 is 0 Å². The number of fused-ring (bicyclic) bond motifs is 1. The van der Waals surface area contributed by atoms with E-state index in [4.69, 9.17) is 10.5 Å². The molecule has 1 saturated heterocycles. The number of rotatable bonds is 5. The lowest BCUT2D eigenvalue weighted by Crippen LogP contribution is -2.36. The number of hydrogen-bond acceptors (Lipinski definition) is 6. The van der Waals surface area contributed by atoms with Crippen molar-refractivity contribution in [1.29, 1.82) is 0 Å². The van der Waals surface area contributed by atoms with Gasteiger partial charge in [0.2, 0.25) is 0 Å². The molecule has 1 unspecified atom stereocenters. The van der Waals surface area contributed by atoms with Gasteiger partial charge in [0.25, 0.3) is 0 Å². The van der Waals surface area contributed by atoms with Gasteiger partial charge in [0.1, 0.15) is 12.1 Å². The Morgan fingerprint density at radius 3 is 2.74 bits per heavy atom. The van der Waals surface area contributed by atoms with Gasteiger partial charge < -0.3 is 15.4 Å². The minimum atomic E-state index is -0.408. The molecule has 1 aliphatic rings. The van der Waals surface area contributed by atoms with Gasteiger partial charge in [-0.3, -0.25) is 4.99 Å². The van der Waals surface area contributed by atoms with Gasteiger partial charge in [0, 0.05) is 43.0 Å². The average molecular weight is 420 g/mol. The van der Waals surface area contributed by atoms with E-state index in [0.29, 0.717) is 24.5 Å². The number of nitrogens with two attached hydrogens (primary N) is 1. The predicted molar refractivity (Wildman–Crippen MR) is 123 cm³/mol. The maximum Gasteiger partial charge on any atom is 0.132 e. The fraction of sp³-hybridized carbons (Fsp3) is 0.292. The third-order valence-corrected chi connectivity index (χ3v) is 5.57. The van der Waals surface area contributed by atoms with Crippen LogP contribution in [-0.2, 0) is 4.74 Å². The van der Waals surface area contributed by atoms with Crippen molar-refractivity contribution in [2.24, 2.45) is 10.7 Å². The smallest absolute Gasteiger partial charge is 0.132 e. The van der Waals surface area contributed by atoms with Crippen molar-refractivity contribution in [2.75, 3.05) is 38.3 Å². The van der Waals surface area contributed by atoms with Crippen LogP contribution in [0.1, 0.15) is 18.5 Å². The fourth-order valence-electron chi connectivity index (χ4n) is 3.87. The predicted octanol–water partition coefficient (Wildman–Crippen LogP) is 3.92. The van der Waals surface area contributed by atoms with E-state index in [-0.39, 0.29) is 5.82 Å². The van der Waals surface area contributed by atoms with Crippen LogP contribution in [0.2, 0.25) is 0 Å². The Bertz CT molecular complexity index is 1140. The first kappa shape index (κ1) is 21.1. The van der Waals surface area contributed by atoms with Gasteiger partial charge in [-0.1, -0.05) is 12.1 Å². The minimum absolute atomic E-state index is 0.348. The number of nitrogens with zero attached hydrogens (tertiary/aromatic N) is 4. The summed E-state index contributed by atoms with van der Waals surface area (Å²) < 4.78 is 20.3. The molecule has 0 radical (unpaired) electrons. The van der Waals surface area contributed by atoms with Gasteiger partial charge in [-0.2, -0.15) is 0 Å². The molecule has 0 amide bonds. The normalized spacial score (nSPS) is 16.3. The number of halogens is 1. The summed E-state index contributed by atoms with van der Waals surface area (Å²) >= 11 is 0. The third-order valence-electron chi connectivity index (χ3n) is 5.57. The highest BCUT2D eigenvalue weighted by Gasteiger charge is 2.17. The number of aromatic nitrogens is 2. The number of benzene rings is 2. The lowest BCUT2D eigenvalue weighted by molar-refractivity contribution is 0.122. The van der Waals surface area contributed by atoms with E-state index < -0.39 is 6.04 Å². The lowest BCUT2D eigenvalue weighted by atomic mass is 9.96. The Morgan fingerprint density at radius 2 is 2.00 bits per heavy atom. The highest BCUT2D eigenvalue weighted by molar-refractivity contribution is 5.94. The molecule has 0 bridgehead atoms. The second-order valence-electron chi connectivity index (χ2n) is 7.42. The summed E-state index contributed by atoms with van der Waals surface area (Å²) in [6.07, 6.45) is 5.11. The van der Waals surface area contributed by atoms with Crippen molar-refractivity contribution in [3.05, 3.63) is 65.8 Å². The lowest BCUT2D eigenvalue weighted by Gasteiger charge is -2.29. The van der Waals surface area contributed by atoms with Gasteiger partial charge in [0.15, 0.2) is 0 Å². The van der Waals surface area contributed by atoms with Crippen molar-refractivity contribution in [2.45, 2.75) is 13.0 Å². The van der Waals surface area contributed by atoms with E-state index in [2.05, 4.69) is 19.9 Å². The number of anilines is 1. The van der Waals surface area contributed by atoms with Crippen molar-refractivity contribution in [1.82, 2.24) is 9.97 Å². The third kappa shape index (κ3) is 4.33. The van der Waals surface area contributed by atoms with Crippen LogP contribution in [0.25, 0.3) is 22.2 Å². The highest BCUT2D eigenvalue weighted by Crippen LogP contribution is 2.32. The zero-order valence-electron chi connectivity index (χ0n) is 17.8. The standard InChI is InChI=1S/C24H26FN5O/c1-3-16(14-27-2)23(26)17-4-7-21(25)20(12-17)24-19-6-5-18(13-22(19)28-15-29-24)30-8-10-31-11-9-30/h3-7,12-15,23H,8-11,26H2,1-2H3/b16-3+,27-14?. The Kier molecular flexibility index (Phi) is 6.34. The number of hydrogen-bond donors (Lipinski definition) is 1. The summed E-state index contributed by atoms with van der Waals surface area (Å²) in [6, 6.07) is 10.5. The van der Waals surface area contributed by atoms with E-state index in [9.17, 15) is 4.39 Å². The molecule has 1 fully saturated rings. The Hall–Kier alpha value is -3.16. The largest absolute Gasteiger partial charge is 0.378 e. The zero-order valence-corrected chi connectivity index (χ0v) is 17.8. The molecule has 2 aromatic carbocycles. The molecule has 7 heteroatoms. The van der Waals surface area contributed by atoms with Gasteiger partial charge in [-0.25, -0.2) is 14.4 Å². The van der Waals surface area contributed by atoms with Crippen molar-refractivity contribution < 1.29 is 9.13 Å². The molecule has 2 heterocycles. The molecule has 160 valence electrons. The molecule has 3 aromatic rings. The van der Waals surface area contributed by atoms with Crippen LogP contribution in [0.15, 0.2) is 59.4 Å². The van der Waals surface area contributed by atoms with Crippen LogP contribution in [0, 0.1) is 5.82 Å². The first-order chi connectivity index (χ1) is 15.1. The topological polar surface area (TPSA) is 76.6 Å². The molecule has 0 saturated carbocycles. The molecule has 1 aliphatic heterocycles. The van der Waals surface area contributed by atoms with Crippen molar-refractivity contribution >= 4 is 22.8 Å². The molecule has 0 aliphatic carbocycles. The summed E-state index contributed by atoms with van der Waals surface area (Å²) in [6.45, 7) is 5.01. The SMILES string of the molecule is C/C=C(\C=NC)C(N)c1ccc(F)c(-c2ncnc3cc(N4CCOCC4)ccc23)c1. The fourth-order valence-corrected chi connectivity index (χ4v) is 3.87. The molecular weight excluding hydrogens is 393 g/mol. The summed E-state index contributed by atoms with van der Waals surface area (Å²) in [5.41, 5.74) is 10.9. The van der Waals surface area contributed by atoms with Crippen LogP contribution < -0.4 is 10.6 Å². The first-order valence-corrected chi connectivity index (χ1v) is 10.3. The number of aliphatic imine (C=N–C) groups is 1. The van der Waals surface area contributed by atoms with Crippen molar-refractivity contribution in [3.8, 4) is 11.3 Å². The maximum absolute atomic E-state index is 14.9. The Balaban J connectivity index is 1.76. The van der Waals surface area contributed by atoms with Crippen molar-refractivity contribution in [3.63, 3.8) is 0 Å². The van der Waals surface area contributed by atoms with Crippen LogP contribution in [0.4, 0.5) is 10.1 Å². The highest BCUT2D eigenvalue weighted by atomic mass is 19.1. The molecule has 0 spiro atoms. The zero-order chi connectivity index (χ0) is 21.8. The summed E-state index contributed by atoms with van der Waals surface area (Å²) in [5, 5.41) is 0.797. The number of ether oxygens (including phenoxy) is 1. The second-order valence-corrected chi connectivity index (χ2v) is 7.42. The van der Waals surface area contributed by atoms with Gasteiger partial charge in [-0.05, 0) is 48.4 Å². The summed E-state index contributed by atoms with van der Waals surface area (Å²) in [5.74, 6) is -0.348. The second kappa shape index (κ2) is 9.32. The summed E-state index contributed by atoms with van der Waals surface area (Å²) in [4.78, 5) is 15.2. The molecular formula is C24H26FN5O. The van der Waals surface area contributed by atoms with E-state index in [1.165, 1.54) is 12.4 Å². The number of morpholine rings is 1. The quantitative estimate of drug-likeness (QED) is 0.635. The van der Waals surface area contributed by atoms with Gasteiger partial charge >= 0.3 is 0 Å². The van der Waals surface area contributed by atoms with E-state index in [1.807, 2.05) is 31.2 Å². The monoisotopic (exact) mass is 419 g/mol. The average Bonchev–Trinajstić information content (AvgIpc) is 2.82. The molecule has 1 aromatic heterocycles. The Morgan fingerprint density at radius 1 is 1.19 bits per heavy atom. The molecule has 31 heavy (non-hydrogen) atoms. The Labute approximate surface area is 181 Å². The maximum atomic E-state index is 14.9. The first-order valence-electron chi connectivity index (χ1n) is 10.3. The molecule has 6 nitrogen and oxygen atoms in total. The van der Waals surface area contributed by atoms with Crippen LogP contribution in [0.5, 0.6) is 0 Å². The van der Waals surface area contributed by atoms with E-state index in [0.717, 1.165) is 40.8 Å². The molecule has 4 rings (SSSR count). The summed E-state index contributed by atoms with van der Waals surface area (Å²) in [7, 11) is 1.70. The van der Waals surface area contributed by atoms with Crippen LogP contribution in [0.3, 0.4) is 0 Å². The van der Waals surface area contributed by atoms with Gasteiger partial charge in [0.05, 0.1) is 30.5 Å². The van der Waals surface area contributed by atoms with Crippen LogP contribution >= 0.6 is 0 Å². The van der Waals surface area contributed by atoms with Crippen LogP contribution in [-0.4, -0.2) is 49.5 Å². The molecule has 1 atom stereocenters. The van der Waals surface area contributed by atoms with Gasteiger partial charge in [-0.15, -0.1) is 0 Å². The molecule has 2 N–H and O–H groups in total. The minimum Gasteiger partial charge on any atom is -0.378 e. The van der Waals surface area contributed by atoms with E-state index in [1.54, 1.807) is 25.4 Å².